The second-order valence-corrected chi connectivity index (χ2v) is 8.00. The number of esters is 1. The fourth-order valence-corrected chi connectivity index (χ4v) is 4.36. The molecule has 3 rings (SSSR count). The normalized spacial score (nSPS) is 10.8. The van der Waals surface area contributed by atoms with Crippen LogP contribution in [0.3, 0.4) is 0 Å². The fourth-order valence-electron chi connectivity index (χ4n) is 3.20. The molecule has 0 fully saturated rings. The largest absolute Gasteiger partial charge is 0.464 e. The van der Waals surface area contributed by atoms with Gasteiger partial charge in [0, 0.05) is 18.0 Å². The van der Waals surface area contributed by atoms with Crippen LogP contribution in [0.1, 0.15) is 49.2 Å². The van der Waals surface area contributed by atoms with Crippen molar-refractivity contribution < 1.29 is 23.5 Å². The lowest BCUT2D eigenvalue weighted by Crippen LogP contribution is -2.18. The van der Waals surface area contributed by atoms with Crippen LogP contribution in [0, 0.1) is 20.8 Å². The van der Waals surface area contributed by atoms with Gasteiger partial charge in [0.2, 0.25) is 5.91 Å². The van der Waals surface area contributed by atoms with E-state index < -0.39 is 5.97 Å². The van der Waals surface area contributed by atoms with E-state index in [1.54, 1.807) is 20.1 Å². The molecule has 0 aliphatic heterocycles. The van der Waals surface area contributed by atoms with Gasteiger partial charge in [0.05, 0.1) is 29.7 Å². The van der Waals surface area contributed by atoms with Gasteiger partial charge in [-0.2, -0.15) is 0 Å². The SMILES string of the molecule is CCOC(=O)c1c(NC(=O)Cc2coc3cc(C)c(C)cc23)sc(C(=O)NC)c1C. The van der Waals surface area contributed by atoms with E-state index in [4.69, 9.17) is 9.15 Å². The van der Waals surface area contributed by atoms with Crippen molar-refractivity contribution in [2.45, 2.75) is 34.1 Å². The summed E-state index contributed by atoms with van der Waals surface area (Å²) in [7, 11) is 1.51. The molecule has 0 radical (unpaired) electrons. The average molecular weight is 429 g/mol. The van der Waals surface area contributed by atoms with Gasteiger partial charge in [-0.25, -0.2) is 4.79 Å². The van der Waals surface area contributed by atoms with Crippen LogP contribution in [-0.2, 0) is 16.0 Å². The minimum atomic E-state index is -0.573. The molecule has 3 aromatic rings. The molecule has 30 heavy (non-hydrogen) atoms. The van der Waals surface area contributed by atoms with Crippen LogP contribution in [0.25, 0.3) is 11.0 Å². The van der Waals surface area contributed by atoms with Crippen molar-refractivity contribution >= 4 is 45.1 Å². The second kappa shape index (κ2) is 8.71. The maximum absolute atomic E-state index is 12.8. The number of anilines is 1. The van der Waals surface area contributed by atoms with Gasteiger partial charge in [-0.05, 0) is 56.5 Å². The Kier molecular flexibility index (Phi) is 6.26. The second-order valence-electron chi connectivity index (χ2n) is 6.98. The number of nitrogens with one attached hydrogen (secondary N) is 2. The van der Waals surface area contributed by atoms with Crippen molar-refractivity contribution in [3.63, 3.8) is 0 Å². The van der Waals surface area contributed by atoms with Gasteiger partial charge in [0.25, 0.3) is 5.91 Å². The maximum atomic E-state index is 12.8. The number of thiophene rings is 1. The van der Waals surface area contributed by atoms with Gasteiger partial charge in [-0.1, -0.05) is 0 Å². The Balaban J connectivity index is 1.90. The third-order valence-corrected chi connectivity index (χ3v) is 6.14. The quantitative estimate of drug-likeness (QED) is 0.575. The molecule has 2 amide bonds. The Labute approximate surface area is 178 Å². The predicted molar refractivity (Wildman–Crippen MR) is 116 cm³/mol. The molecule has 0 saturated carbocycles. The Bertz CT molecular complexity index is 1140. The number of hydrogen-bond donors (Lipinski definition) is 2. The minimum Gasteiger partial charge on any atom is -0.464 e. The van der Waals surface area contributed by atoms with Gasteiger partial charge in [-0.15, -0.1) is 11.3 Å². The van der Waals surface area contributed by atoms with Crippen molar-refractivity contribution in [1.82, 2.24) is 5.32 Å². The third kappa shape index (κ3) is 4.09. The van der Waals surface area contributed by atoms with Crippen LogP contribution in [0.4, 0.5) is 5.00 Å². The van der Waals surface area contributed by atoms with E-state index in [1.165, 1.54) is 7.05 Å². The van der Waals surface area contributed by atoms with E-state index in [0.717, 1.165) is 39.0 Å². The summed E-state index contributed by atoms with van der Waals surface area (Å²) in [6.45, 7) is 7.56. The smallest absolute Gasteiger partial charge is 0.341 e. The number of furan rings is 1. The molecule has 7 nitrogen and oxygen atoms in total. The van der Waals surface area contributed by atoms with Crippen LogP contribution in [0.2, 0.25) is 0 Å². The van der Waals surface area contributed by atoms with Gasteiger partial charge in [-0.3, -0.25) is 9.59 Å². The molecule has 0 bridgehead atoms. The van der Waals surface area contributed by atoms with Crippen LogP contribution < -0.4 is 10.6 Å². The summed E-state index contributed by atoms with van der Waals surface area (Å²) in [6.07, 6.45) is 1.65. The number of carbonyl (C=O) groups excluding carboxylic acids is 3. The summed E-state index contributed by atoms with van der Waals surface area (Å²) in [4.78, 5) is 37.7. The van der Waals surface area contributed by atoms with Gasteiger partial charge in [0.15, 0.2) is 0 Å². The number of aryl methyl sites for hydroxylation is 2. The van der Waals surface area contributed by atoms with Gasteiger partial charge < -0.3 is 19.8 Å². The lowest BCUT2D eigenvalue weighted by molar-refractivity contribution is -0.115. The van der Waals surface area contributed by atoms with Crippen molar-refractivity contribution in [3.05, 3.63) is 51.1 Å². The van der Waals surface area contributed by atoms with Crippen LogP contribution in [0.15, 0.2) is 22.8 Å². The molecule has 158 valence electrons. The Morgan fingerprint density at radius 3 is 2.50 bits per heavy atom. The summed E-state index contributed by atoms with van der Waals surface area (Å²) < 4.78 is 10.7. The Morgan fingerprint density at radius 2 is 1.83 bits per heavy atom. The molecular weight excluding hydrogens is 404 g/mol. The zero-order chi connectivity index (χ0) is 22.0. The van der Waals surface area contributed by atoms with Gasteiger partial charge >= 0.3 is 5.97 Å². The number of carbonyl (C=O) groups is 3. The summed E-state index contributed by atoms with van der Waals surface area (Å²) in [6, 6.07) is 3.95. The molecule has 0 saturated heterocycles. The summed E-state index contributed by atoms with van der Waals surface area (Å²) in [5, 5.41) is 6.51. The molecule has 0 atom stereocenters. The predicted octanol–water partition coefficient (Wildman–Crippen LogP) is 4.14. The summed E-state index contributed by atoms with van der Waals surface area (Å²) in [5.41, 5.74) is 4.39. The average Bonchev–Trinajstić information content (AvgIpc) is 3.22. The van der Waals surface area contributed by atoms with Crippen LogP contribution in [0.5, 0.6) is 0 Å². The van der Waals surface area contributed by atoms with Crippen molar-refractivity contribution in [3.8, 4) is 0 Å². The zero-order valence-electron chi connectivity index (χ0n) is 17.6. The van der Waals surface area contributed by atoms with Crippen molar-refractivity contribution in [2.75, 3.05) is 19.0 Å². The Hall–Kier alpha value is -3.13. The number of ether oxygens (including phenoxy) is 1. The van der Waals surface area contributed by atoms with Gasteiger partial charge in [0.1, 0.15) is 10.6 Å². The van der Waals surface area contributed by atoms with Crippen molar-refractivity contribution in [2.24, 2.45) is 0 Å². The molecule has 2 heterocycles. The first-order chi connectivity index (χ1) is 14.3. The van der Waals surface area contributed by atoms with E-state index in [-0.39, 0.29) is 30.4 Å². The molecule has 2 aromatic heterocycles. The molecule has 0 unspecified atom stereocenters. The number of rotatable bonds is 6. The first kappa shape index (κ1) is 21.6. The minimum absolute atomic E-state index is 0.0734. The van der Waals surface area contributed by atoms with Crippen LogP contribution >= 0.6 is 11.3 Å². The van der Waals surface area contributed by atoms with E-state index >= 15 is 0 Å². The molecule has 0 spiro atoms. The summed E-state index contributed by atoms with van der Waals surface area (Å²) >= 11 is 1.05. The molecule has 0 aliphatic carbocycles. The highest BCUT2D eigenvalue weighted by atomic mass is 32.1. The fraction of sp³-hybridized carbons (Fsp3) is 0.318. The number of hydrogen-bond acceptors (Lipinski definition) is 6. The molecule has 1 aromatic carbocycles. The highest BCUT2D eigenvalue weighted by Crippen LogP contribution is 2.34. The molecule has 8 heteroatoms. The number of amides is 2. The van der Waals surface area contributed by atoms with Crippen molar-refractivity contribution in [1.29, 1.82) is 0 Å². The van der Waals surface area contributed by atoms with E-state index in [2.05, 4.69) is 10.6 Å². The third-order valence-electron chi connectivity index (χ3n) is 4.93. The van der Waals surface area contributed by atoms with E-state index in [1.807, 2.05) is 26.0 Å². The lowest BCUT2D eigenvalue weighted by Gasteiger charge is -2.07. The highest BCUT2D eigenvalue weighted by Gasteiger charge is 2.26. The van der Waals surface area contributed by atoms with E-state index in [9.17, 15) is 14.4 Å². The number of benzene rings is 1. The standard InChI is InChI=1S/C22H24N2O5S/c1-6-28-22(27)18-13(4)19(20(26)23-5)30-21(18)24-17(25)9-14-10-29-16-8-12(3)11(2)7-15(14)16/h7-8,10H,6,9H2,1-5H3,(H,23,26)(H,24,25). The highest BCUT2D eigenvalue weighted by molar-refractivity contribution is 7.18. The summed E-state index contributed by atoms with van der Waals surface area (Å²) in [5.74, 6) is -1.21. The topological polar surface area (TPSA) is 97.6 Å². The first-order valence-corrected chi connectivity index (χ1v) is 10.4. The monoisotopic (exact) mass is 428 g/mol. The maximum Gasteiger partial charge on any atom is 0.341 e. The lowest BCUT2D eigenvalue weighted by atomic mass is 10.0. The zero-order valence-corrected chi connectivity index (χ0v) is 18.4. The molecular formula is C22H24N2O5S. The number of fused-ring (bicyclic) bond motifs is 1. The molecule has 2 N–H and O–H groups in total. The van der Waals surface area contributed by atoms with Crippen LogP contribution in [-0.4, -0.2) is 31.4 Å². The Morgan fingerprint density at radius 1 is 1.13 bits per heavy atom. The first-order valence-electron chi connectivity index (χ1n) is 9.56. The molecule has 0 aliphatic rings. The van der Waals surface area contributed by atoms with E-state index in [0.29, 0.717) is 15.4 Å².